The molecule has 0 bridgehead atoms. The van der Waals surface area contributed by atoms with E-state index in [1.54, 1.807) is 13.3 Å². The summed E-state index contributed by atoms with van der Waals surface area (Å²) in [5.74, 6) is 0.451. The van der Waals surface area contributed by atoms with Crippen LogP contribution in [0.25, 0.3) is 10.9 Å². The summed E-state index contributed by atoms with van der Waals surface area (Å²) in [5, 5.41) is 13.5. The first kappa shape index (κ1) is 19.9. The van der Waals surface area contributed by atoms with Crippen LogP contribution in [0.1, 0.15) is 33.7 Å². The highest BCUT2D eigenvalue weighted by Crippen LogP contribution is 2.32. The average molecular weight is 415 g/mol. The topological polar surface area (TPSA) is 74.1 Å². The van der Waals surface area contributed by atoms with Gasteiger partial charge in [0.1, 0.15) is 16.7 Å². The predicted octanol–water partition coefficient (Wildman–Crippen LogP) is 5.45. The predicted molar refractivity (Wildman–Crippen MR) is 122 cm³/mol. The van der Waals surface area contributed by atoms with Crippen molar-refractivity contribution in [2.45, 2.75) is 18.8 Å². The Labute approximate surface area is 179 Å². The molecule has 2 atom stereocenters. The number of nitrogens with one attached hydrogen (secondary N) is 1. The van der Waals surface area contributed by atoms with E-state index in [0.29, 0.717) is 6.54 Å². The SMILES string of the molecule is COc1ccc([C@@H](CN=C[C@@H](C#N)c2nc(C)cs2)c2c[nH]c3ccccc23)cc1. The van der Waals surface area contributed by atoms with E-state index in [2.05, 4.69) is 51.5 Å². The number of rotatable bonds is 7. The fourth-order valence-electron chi connectivity index (χ4n) is 3.54. The third kappa shape index (κ3) is 4.12. The molecule has 2 heterocycles. The minimum absolute atomic E-state index is 0.0562. The van der Waals surface area contributed by atoms with E-state index in [1.807, 2.05) is 36.6 Å². The zero-order valence-corrected chi connectivity index (χ0v) is 17.7. The molecule has 2 aromatic heterocycles. The number of aliphatic imine (C=N–C) groups is 1. The second-order valence-corrected chi connectivity index (χ2v) is 7.95. The Morgan fingerprint density at radius 1 is 1.23 bits per heavy atom. The number of thiazole rings is 1. The van der Waals surface area contributed by atoms with Crippen molar-refractivity contribution in [1.82, 2.24) is 9.97 Å². The van der Waals surface area contributed by atoms with Gasteiger partial charge >= 0.3 is 0 Å². The number of ether oxygens (including phenoxy) is 1. The minimum atomic E-state index is -0.428. The maximum Gasteiger partial charge on any atom is 0.133 e. The number of aromatic nitrogens is 2. The molecule has 0 spiro atoms. The van der Waals surface area contributed by atoms with Crippen LogP contribution in [0.5, 0.6) is 5.75 Å². The van der Waals surface area contributed by atoms with Gasteiger partial charge in [0.05, 0.1) is 13.2 Å². The van der Waals surface area contributed by atoms with E-state index in [1.165, 1.54) is 22.3 Å². The third-order valence-corrected chi connectivity index (χ3v) is 6.14. The van der Waals surface area contributed by atoms with Gasteiger partial charge in [-0.3, -0.25) is 4.99 Å². The van der Waals surface area contributed by atoms with Crippen molar-refractivity contribution < 1.29 is 4.74 Å². The first-order valence-corrected chi connectivity index (χ1v) is 10.6. The number of para-hydroxylation sites is 1. The van der Waals surface area contributed by atoms with Gasteiger partial charge in [-0.2, -0.15) is 5.26 Å². The maximum absolute atomic E-state index is 9.56. The van der Waals surface area contributed by atoms with Gasteiger partial charge in [0, 0.05) is 46.9 Å². The lowest BCUT2D eigenvalue weighted by Crippen LogP contribution is -2.06. The summed E-state index contributed by atoms with van der Waals surface area (Å²) in [7, 11) is 1.67. The molecule has 0 unspecified atom stereocenters. The van der Waals surface area contributed by atoms with Crippen molar-refractivity contribution in [2.24, 2.45) is 4.99 Å². The van der Waals surface area contributed by atoms with Crippen LogP contribution in [-0.2, 0) is 0 Å². The second-order valence-electron chi connectivity index (χ2n) is 7.06. The van der Waals surface area contributed by atoms with E-state index in [4.69, 9.17) is 4.74 Å². The Bertz CT molecular complexity index is 1200. The monoisotopic (exact) mass is 414 g/mol. The Balaban J connectivity index is 1.66. The molecule has 0 radical (unpaired) electrons. The van der Waals surface area contributed by atoms with Crippen LogP contribution >= 0.6 is 11.3 Å². The summed E-state index contributed by atoms with van der Waals surface area (Å²) < 4.78 is 5.31. The van der Waals surface area contributed by atoms with Crippen LogP contribution < -0.4 is 4.74 Å². The number of hydrogen-bond donors (Lipinski definition) is 1. The van der Waals surface area contributed by atoms with E-state index >= 15 is 0 Å². The summed E-state index contributed by atoms with van der Waals surface area (Å²) in [4.78, 5) is 12.5. The summed E-state index contributed by atoms with van der Waals surface area (Å²) in [6.07, 6.45) is 3.78. The molecule has 6 heteroatoms. The highest BCUT2D eigenvalue weighted by molar-refractivity contribution is 7.09. The standard InChI is InChI=1S/C24H22N4OS/c1-16-15-30-24(28-16)18(11-25)12-26-13-21(17-7-9-19(29-2)10-8-17)22-14-27-23-6-4-3-5-20(22)23/h3-10,12,14-15,18,21,27H,13H2,1-2H3/t18-,21-/m1/s1. The summed E-state index contributed by atoms with van der Waals surface area (Å²) in [5.41, 5.74) is 4.37. The Morgan fingerprint density at radius 3 is 2.73 bits per heavy atom. The van der Waals surface area contributed by atoms with E-state index in [-0.39, 0.29) is 5.92 Å². The minimum Gasteiger partial charge on any atom is -0.497 e. The molecule has 0 aliphatic heterocycles. The molecule has 0 saturated heterocycles. The van der Waals surface area contributed by atoms with Crippen LogP contribution in [0.4, 0.5) is 0 Å². The Hall–Kier alpha value is -3.43. The quantitative estimate of drug-likeness (QED) is 0.409. The molecule has 1 N–H and O–H groups in total. The second kappa shape index (κ2) is 8.93. The summed E-state index contributed by atoms with van der Waals surface area (Å²) >= 11 is 1.50. The number of benzene rings is 2. The molecule has 0 aliphatic rings. The lowest BCUT2D eigenvalue weighted by Gasteiger charge is -2.16. The smallest absolute Gasteiger partial charge is 0.133 e. The molecule has 30 heavy (non-hydrogen) atoms. The average Bonchev–Trinajstić information content (AvgIpc) is 3.41. The van der Waals surface area contributed by atoms with Gasteiger partial charge in [0.15, 0.2) is 0 Å². The summed E-state index contributed by atoms with van der Waals surface area (Å²) in [6, 6.07) is 18.7. The first-order chi connectivity index (χ1) is 14.7. The third-order valence-electron chi connectivity index (χ3n) is 5.10. The highest BCUT2D eigenvalue weighted by Gasteiger charge is 2.19. The molecule has 0 saturated carbocycles. The first-order valence-electron chi connectivity index (χ1n) is 9.71. The molecular formula is C24H22N4OS. The van der Waals surface area contributed by atoms with Crippen LogP contribution in [0.2, 0.25) is 0 Å². The Kier molecular flexibility index (Phi) is 5.92. The van der Waals surface area contributed by atoms with Crippen LogP contribution in [0.3, 0.4) is 0 Å². The number of aryl methyl sites for hydroxylation is 1. The van der Waals surface area contributed by atoms with Gasteiger partial charge in [-0.25, -0.2) is 4.98 Å². The van der Waals surface area contributed by atoms with Crippen molar-refractivity contribution in [1.29, 1.82) is 5.26 Å². The zero-order chi connectivity index (χ0) is 20.9. The number of H-pyrrole nitrogens is 1. The molecule has 4 aromatic rings. The fourth-order valence-corrected chi connectivity index (χ4v) is 4.34. The molecule has 0 fully saturated rings. The molecular weight excluding hydrogens is 392 g/mol. The number of methoxy groups -OCH3 is 1. The zero-order valence-electron chi connectivity index (χ0n) is 16.9. The maximum atomic E-state index is 9.56. The van der Waals surface area contributed by atoms with E-state index < -0.39 is 5.92 Å². The van der Waals surface area contributed by atoms with Gasteiger partial charge in [0.25, 0.3) is 0 Å². The van der Waals surface area contributed by atoms with Gasteiger partial charge < -0.3 is 9.72 Å². The normalized spacial score (nSPS) is 13.4. The van der Waals surface area contributed by atoms with Crippen molar-refractivity contribution in [3.05, 3.63) is 81.9 Å². The Morgan fingerprint density at radius 2 is 2.03 bits per heavy atom. The lowest BCUT2D eigenvalue weighted by atomic mass is 9.91. The molecule has 0 amide bonds. The molecule has 0 aliphatic carbocycles. The van der Waals surface area contributed by atoms with Crippen LogP contribution in [-0.4, -0.2) is 29.8 Å². The van der Waals surface area contributed by atoms with Crippen LogP contribution in [0.15, 0.2) is 65.1 Å². The number of hydrogen-bond acceptors (Lipinski definition) is 5. The van der Waals surface area contributed by atoms with E-state index in [0.717, 1.165) is 27.5 Å². The van der Waals surface area contributed by atoms with E-state index in [9.17, 15) is 5.26 Å². The van der Waals surface area contributed by atoms with Gasteiger partial charge in [-0.1, -0.05) is 30.3 Å². The van der Waals surface area contributed by atoms with Crippen molar-refractivity contribution in [3.63, 3.8) is 0 Å². The molecule has 4 rings (SSSR count). The van der Waals surface area contributed by atoms with Crippen molar-refractivity contribution >= 4 is 28.5 Å². The molecule has 2 aromatic carbocycles. The van der Waals surface area contributed by atoms with Gasteiger partial charge in [0.2, 0.25) is 0 Å². The molecule has 150 valence electrons. The van der Waals surface area contributed by atoms with Crippen LogP contribution in [0, 0.1) is 18.3 Å². The highest BCUT2D eigenvalue weighted by atomic mass is 32.1. The molecule has 5 nitrogen and oxygen atoms in total. The number of nitriles is 1. The van der Waals surface area contributed by atoms with Gasteiger partial charge in [-0.15, -0.1) is 11.3 Å². The number of aromatic amines is 1. The fraction of sp³-hybridized carbons (Fsp3) is 0.208. The van der Waals surface area contributed by atoms with Gasteiger partial charge in [-0.05, 0) is 36.2 Å². The summed E-state index contributed by atoms with van der Waals surface area (Å²) in [6.45, 7) is 2.47. The lowest BCUT2D eigenvalue weighted by molar-refractivity contribution is 0.414. The largest absolute Gasteiger partial charge is 0.497 e. The number of fused-ring (bicyclic) bond motifs is 1. The van der Waals surface area contributed by atoms with Crippen molar-refractivity contribution in [2.75, 3.05) is 13.7 Å². The van der Waals surface area contributed by atoms with Crippen molar-refractivity contribution in [3.8, 4) is 11.8 Å². The number of nitrogens with zero attached hydrogens (tertiary/aromatic N) is 3.